The summed E-state index contributed by atoms with van der Waals surface area (Å²) in [6.07, 6.45) is 3.56. The molecule has 19 heavy (non-hydrogen) atoms. The maximum Gasteiger partial charge on any atom is 0.337 e. The SMILES string of the molecule is CC(C)C1CCCN(c2ccccc2C(=O)O)CC1. The van der Waals surface area contributed by atoms with E-state index < -0.39 is 5.97 Å². The molecule has 3 nitrogen and oxygen atoms in total. The number of anilines is 1. The minimum absolute atomic E-state index is 0.422. The summed E-state index contributed by atoms with van der Waals surface area (Å²) in [5, 5.41) is 9.28. The van der Waals surface area contributed by atoms with Crippen molar-refractivity contribution in [3.05, 3.63) is 29.8 Å². The number of rotatable bonds is 3. The Morgan fingerprint density at radius 3 is 2.68 bits per heavy atom. The third-order valence-corrected chi connectivity index (χ3v) is 4.19. The summed E-state index contributed by atoms with van der Waals surface area (Å²) in [6.45, 7) is 6.50. The topological polar surface area (TPSA) is 40.5 Å². The van der Waals surface area contributed by atoms with Gasteiger partial charge in [0.15, 0.2) is 0 Å². The van der Waals surface area contributed by atoms with Crippen LogP contribution in [0.25, 0.3) is 0 Å². The molecule has 1 unspecified atom stereocenters. The Morgan fingerprint density at radius 2 is 2.00 bits per heavy atom. The van der Waals surface area contributed by atoms with Gasteiger partial charge in [-0.1, -0.05) is 26.0 Å². The van der Waals surface area contributed by atoms with Crippen LogP contribution in [0, 0.1) is 11.8 Å². The second-order valence-electron chi connectivity index (χ2n) is 5.74. The van der Waals surface area contributed by atoms with Gasteiger partial charge in [-0.25, -0.2) is 4.79 Å². The van der Waals surface area contributed by atoms with Gasteiger partial charge in [-0.15, -0.1) is 0 Å². The van der Waals surface area contributed by atoms with Crippen LogP contribution in [0.4, 0.5) is 5.69 Å². The smallest absolute Gasteiger partial charge is 0.337 e. The van der Waals surface area contributed by atoms with Crippen LogP contribution in [0.5, 0.6) is 0 Å². The lowest BCUT2D eigenvalue weighted by molar-refractivity contribution is 0.0697. The van der Waals surface area contributed by atoms with E-state index in [4.69, 9.17) is 0 Å². The van der Waals surface area contributed by atoms with Crippen molar-refractivity contribution in [3.63, 3.8) is 0 Å². The Balaban J connectivity index is 2.16. The van der Waals surface area contributed by atoms with Crippen LogP contribution >= 0.6 is 0 Å². The van der Waals surface area contributed by atoms with E-state index in [0.29, 0.717) is 5.56 Å². The molecule has 0 bridgehead atoms. The van der Waals surface area contributed by atoms with Crippen LogP contribution in [0.2, 0.25) is 0 Å². The Kier molecular flexibility index (Phi) is 4.46. The maximum absolute atomic E-state index is 11.3. The minimum atomic E-state index is -0.833. The van der Waals surface area contributed by atoms with Crippen molar-refractivity contribution in [1.29, 1.82) is 0 Å². The summed E-state index contributed by atoms with van der Waals surface area (Å²) < 4.78 is 0. The van der Waals surface area contributed by atoms with E-state index in [1.807, 2.05) is 12.1 Å². The standard InChI is InChI=1S/C16H23NO2/c1-12(2)13-6-5-10-17(11-9-13)15-8-4-3-7-14(15)16(18)19/h3-4,7-8,12-13H,5-6,9-11H2,1-2H3,(H,18,19). The van der Waals surface area contributed by atoms with Gasteiger partial charge in [0.2, 0.25) is 0 Å². The molecule has 0 spiro atoms. The van der Waals surface area contributed by atoms with Crippen LogP contribution in [-0.4, -0.2) is 24.2 Å². The molecule has 2 rings (SSSR count). The van der Waals surface area contributed by atoms with E-state index in [1.165, 1.54) is 6.42 Å². The Morgan fingerprint density at radius 1 is 1.26 bits per heavy atom. The van der Waals surface area contributed by atoms with Crippen molar-refractivity contribution in [3.8, 4) is 0 Å². The molecule has 1 atom stereocenters. The lowest BCUT2D eigenvalue weighted by atomic mass is 9.89. The molecule has 0 amide bonds. The average molecular weight is 261 g/mol. The number of carboxylic acid groups (broad SMARTS) is 1. The highest BCUT2D eigenvalue weighted by Gasteiger charge is 2.22. The molecule has 104 valence electrons. The average Bonchev–Trinajstić information content (AvgIpc) is 2.64. The van der Waals surface area contributed by atoms with Gasteiger partial charge in [-0.3, -0.25) is 0 Å². The molecule has 0 radical (unpaired) electrons. The van der Waals surface area contributed by atoms with Gasteiger partial charge in [-0.2, -0.15) is 0 Å². The van der Waals surface area contributed by atoms with Gasteiger partial charge in [0.25, 0.3) is 0 Å². The summed E-state index contributed by atoms with van der Waals surface area (Å²) in [5.74, 6) is 0.650. The normalized spacial score (nSPS) is 20.4. The molecule has 3 heteroatoms. The molecule has 1 aromatic rings. The molecule has 1 aliphatic heterocycles. The third-order valence-electron chi connectivity index (χ3n) is 4.19. The zero-order valence-electron chi connectivity index (χ0n) is 11.8. The minimum Gasteiger partial charge on any atom is -0.478 e. The fraction of sp³-hybridized carbons (Fsp3) is 0.562. The summed E-state index contributed by atoms with van der Waals surface area (Å²) in [6, 6.07) is 7.34. The van der Waals surface area contributed by atoms with E-state index in [2.05, 4.69) is 18.7 Å². The van der Waals surface area contributed by atoms with Crippen molar-refractivity contribution in [2.75, 3.05) is 18.0 Å². The number of para-hydroxylation sites is 1. The number of benzene rings is 1. The van der Waals surface area contributed by atoms with E-state index in [-0.39, 0.29) is 0 Å². The molecular weight excluding hydrogens is 238 g/mol. The van der Waals surface area contributed by atoms with Crippen LogP contribution in [0.15, 0.2) is 24.3 Å². The fourth-order valence-electron chi connectivity index (χ4n) is 2.96. The van der Waals surface area contributed by atoms with Crippen LogP contribution in [0.1, 0.15) is 43.5 Å². The predicted octanol–water partition coefficient (Wildman–Crippen LogP) is 3.65. The second kappa shape index (κ2) is 6.09. The molecule has 1 aliphatic rings. The molecule has 0 saturated carbocycles. The van der Waals surface area contributed by atoms with E-state index in [9.17, 15) is 9.90 Å². The number of hydrogen-bond acceptors (Lipinski definition) is 2. The van der Waals surface area contributed by atoms with Crippen LogP contribution in [0.3, 0.4) is 0 Å². The highest BCUT2D eigenvalue weighted by atomic mass is 16.4. The predicted molar refractivity (Wildman–Crippen MR) is 77.8 cm³/mol. The first-order valence-corrected chi connectivity index (χ1v) is 7.17. The highest BCUT2D eigenvalue weighted by Crippen LogP contribution is 2.28. The summed E-state index contributed by atoms with van der Waals surface area (Å²) in [4.78, 5) is 13.5. The third kappa shape index (κ3) is 3.28. The van der Waals surface area contributed by atoms with Crippen LogP contribution < -0.4 is 4.90 Å². The van der Waals surface area contributed by atoms with Gasteiger partial charge in [0, 0.05) is 13.1 Å². The number of aromatic carboxylic acids is 1. The Bertz CT molecular complexity index is 442. The van der Waals surface area contributed by atoms with Gasteiger partial charge < -0.3 is 10.0 Å². The van der Waals surface area contributed by atoms with Crippen molar-refractivity contribution in [1.82, 2.24) is 0 Å². The number of nitrogens with zero attached hydrogens (tertiary/aromatic N) is 1. The molecule has 1 saturated heterocycles. The zero-order chi connectivity index (χ0) is 13.8. The van der Waals surface area contributed by atoms with Crippen molar-refractivity contribution in [2.45, 2.75) is 33.1 Å². The molecule has 1 heterocycles. The van der Waals surface area contributed by atoms with Gasteiger partial charge >= 0.3 is 5.97 Å². The zero-order valence-corrected chi connectivity index (χ0v) is 11.8. The quantitative estimate of drug-likeness (QED) is 0.903. The highest BCUT2D eigenvalue weighted by molar-refractivity contribution is 5.94. The summed E-state index contributed by atoms with van der Waals surface area (Å²) >= 11 is 0. The number of hydrogen-bond donors (Lipinski definition) is 1. The maximum atomic E-state index is 11.3. The molecule has 0 aromatic heterocycles. The fourth-order valence-corrected chi connectivity index (χ4v) is 2.96. The number of carboxylic acids is 1. The Hall–Kier alpha value is -1.51. The first-order valence-electron chi connectivity index (χ1n) is 7.17. The second-order valence-corrected chi connectivity index (χ2v) is 5.74. The van der Waals surface area contributed by atoms with E-state index in [1.54, 1.807) is 12.1 Å². The lowest BCUT2D eigenvalue weighted by Gasteiger charge is -2.25. The van der Waals surface area contributed by atoms with Gasteiger partial charge in [0.05, 0.1) is 11.3 Å². The first-order chi connectivity index (χ1) is 9.09. The van der Waals surface area contributed by atoms with Gasteiger partial charge in [0.1, 0.15) is 0 Å². The van der Waals surface area contributed by atoms with Crippen LogP contribution in [-0.2, 0) is 0 Å². The number of carbonyl (C=O) groups is 1. The molecular formula is C16H23NO2. The van der Waals surface area contributed by atoms with E-state index >= 15 is 0 Å². The molecule has 1 fully saturated rings. The van der Waals surface area contributed by atoms with Crippen molar-refractivity contribution < 1.29 is 9.90 Å². The monoisotopic (exact) mass is 261 g/mol. The molecule has 1 N–H and O–H groups in total. The Labute approximate surface area is 115 Å². The van der Waals surface area contributed by atoms with Crippen molar-refractivity contribution >= 4 is 11.7 Å². The van der Waals surface area contributed by atoms with E-state index in [0.717, 1.165) is 43.5 Å². The lowest BCUT2D eigenvalue weighted by Crippen LogP contribution is -2.26. The summed E-state index contributed by atoms with van der Waals surface area (Å²) in [5.41, 5.74) is 1.30. The van der Waals surface area contributed by atoms with Gasteiger partial charge in [-0.05, 0) is 43.2 Å². The largest absolute Gasteiger partial charge is 0.478 e. The van der Waals surface area contributed by atoms with Crippen molar-refractivity contribution in [2.24, 2.45) is 11.8 Å². The summed E-state index contributed by atoms with van der Waals surface area (Å²) in [7, 11) is 0. The molecule has 0 aliphatic carbocycles. The first kappa shape index (κ1) is 13.9. The molecule has 1 aromatic carbocycles.